The number of nitrogens with zero attached hydrogens (tertiary/aromatic N) is 1. The van der Waals surface area contributed by atoms with Crippen LogP contribution in [0.3, 0.4) is 0 Å². The lowest BCUT2D eigenvalue weighted by Gasteiger charge is -2.11. The Morgan fingerprint density at radius 3 is 2.68 bits per heavy atom. The van der Waals surface area contributed by atoms with Gasteiger partial charge in [-0.25, -0.2) is 4.98 Å². The van der Waals surface area contributed by atoms with Crippen LogP contribution in [-0.2, 0) is 11.2 Å². The van der Waals surface area contributed by atoms with Gasteiger partial charge in [0.1, 0.15) is 5.52 Å². The Bertz CT molecular complexity index is 950. The molecule has 0 bridgehead atoms. The molecule has 0 aliphatic rings. The van der Waals surface area contributed by atoms with Gasteiger partial charge in [0, 0.05) is 18.4 Å². The van der Waals surface area contributed by atoms with Gasteiger partial charge < -0.3 is 13.9 Å². The minimum Gasteiger partial charge on any atom is -0.493 e. The first-order valence-electron chi connectivity index (χ1n) is 8.85. The third kappa shape index (κ3) is 4.59. The van der Waals surface area contributed by atoms with Crippen molar-refractivity contribution in [3.63, 3.8) is 0 Å². The Hall–Kier alpha value is -3.55. The molecule has 0 saturated heterocycles. The van der Waals surface area contributed by atoms with E-state index in [0.29, 0.717) is 41.6 Å². The molecule has 8 nitrogen and oxygen atoms in total. The minimum absolute atomic E-state index is 0.125. The molecule has 3 rings (SSSR count). The summed E-state index contributed by atoms with van der Waals surface area (Å²) in [5, 5.41) is 0. The standard InChI is InChI=1S/C20H21N3O5/c1-3-27-16-9-8-13(12-17(16)26-2)20(25)23-22-18(24)10-11-19-21-14-6-4-5-7-15(14)28-19/h4-9,12H,3,10-11H2,1-2H3,(H,22,24)(H,23,25). The number of fused-ring (bicyclic) bond motifs is 1. The van der Waals surface area contributed by atoms with E-state index < -0.39 is 5.91 Å². The average Bonchev–Trinajstić information content (AvgIpc) is 3.14. The predicted octanol–water partition coefficient (Wildman–Crippen LogP) is 2.63. The van der Waals surface area contributed by atoms with Gasteiger partial charge in [0.25, 0.3) is 5.91 Å². The first-order chi connectivity index (χ1) is 13.6. The summed E-state index contributed by atoms with van der Waals surface area (Å²) in [7, 11) is 1.49. The number of aryl methyl sites for hydroxylation is 1. The van der Waals surface area contributed by atoms with Crippen molar-refractivity contribution in [1.29, 1.82) is 0 Å². The van der Waals surface area contributed by atoms with Crippen molar-refractivity contribution in [2.45, 2.75) is 19.8 Å². The average molecular weight is 383 g/mol. The van der Waals surface area contributed by atoms with Crippen molar-refractivity contribution in [3.05, 3.63) is 53.9 Å². The molecule has 146 valence electrons. The third-order valence-electron chi connectivity index (χ3n) is 3.95. The molecule has 2 amide bonds. The molecule has 0 aliphatic heterocycles. The lowest BCUT2D eigenvalue weighted by molar-refractivity contribution is -0.121. The number of aromatic nitrogens is 1. The number of carbonyl (C=O) groups is 2. The third-order valence-corrected chi connectivity index (χ3v) is 3.95. The molecule has 0 atom stereocenters. The number of hydrazine groups is 1. The number of carbonyl (C=O) groups excluding carboxylic acids is 2. The van der Waals surface area contributed by atoms with Crippen molar-refractivity contribution in [3.8, 4) is 11.5 Å². The maximum Gasteiger partial charge on any atom is 0.269 e. The largest absolute Gasteiger partial charge is 0.493 e. The van der Waals surface area contributed by atoms with Crippen LogP contribution in [0.5, 0.6) is 11.5 Å². The minimum atomic E-state index is -0.462. The van der Waals surface area contributed by atoms with Gasteiger partial charge in [-0.05, 0) is 37.3 Å². The number of rotatable bonds is 7. The van der Waals surface area contributed by atoms with Crippen molar-refractivity contribution >= 4 is 22.9 Å². The summed E-state index contributed by atoms with van der Waals surface area (Å²) >= 11 is 0. The fourth-order valence-corrected chi connectivity index (χ4v) is 2.59. The van der Waals surface area contributed by atoms with Crippen LogP contribution in [0, 0.1) is 0 Å². The molecule has 0 fully saturated rings. The molecule has 1 aromatic heterocycles. The van der Waals surface area contributed by atoms with Gasteiger partial charge in [-0.3, -0.25) is 20.4 Å². The van der Waals surface area contributed by atoms with E-state index in [1.54, 1.807) is 18.2 Å². The second-order valence-electron chi connectivity index (χ2n) is 5.88. The van der Waals surface area contributed by atoms with Crippen LogP contribution in [0.4, 0.5) is 0 Å². The topological polar surface area (TPSA) is 103 Å². The quantitative estimate of drug-likeness (QED) is 0.608. The highest BCUT2D eigenvalue weighted by Crippen LogP contribution is 2.27. The lowest BCUT2D eigenvalue weighted by Crippen LogP contribution is -2.41. The molecule has 0 unspecified atom stereocenters. The van der Waals surface area contributed by atoms with Crippen LogP contribution in [0.2, 0.25) is 0 Å². The van der Waals surface area contributed by atoms with Crippen molar-refractivity contribution in [1.82, 2.24) is 15.8 Å². The van der Waals surface area contributed by atoms with Gasteiger partial charge in [0.05, 0.1) is 13.7 Å². The summed E-state index contributed by atoms with van der Waals surface area (Å²) in [4.78, 5) is 28.5. The molecule has 0 radical (unpaired) electrons. The molecule has 1 heterocycles. The Kier molecular flexibility index (Phi) is 6.11. The fourth-order valence-electron chi connectivity index (χ4n) is 2.59. The smallest absolute Gasteiger partial charge is 0.269 e. The van der Waals surface area contributed by atoms with Gasteiger partial charge in [-0.15, -0.1) is 0 Å². The zero-order valence-corrected chi connectivity index (χ0v) is 15.7. The van der Waals surface area contributed by atoms with Crippen molar-refractivity contribution in [2.24, 2.45) is 0 Å². The van der Waals surface area contributed by atoms with E-state index in [1.165, 1.54) is 7.11 Å². The zero-order valence-electron chi connectivity index (χ0n) is 15.7. The van der Waals surface area contributed by atoms with E-state index >= 15 is 0 Å². The number of ether oxygens (including phenoxy) is 2. The highest BCUT2D eigenvalue weighted by Gasteiger charge is 2.13. The van der Waals surface area contributed by atoms with Gasteiger partial charge >= 0.3 is 0 Å². The number of oxazole rings is 1. The number of benzene rings is 2. The number of amides is 2. The number of methoxy groups -OCH3 is 1. The second-order valence-corrected chi connectivity index (χ2v) is 5.88. The highest BCUT2D eigenvalue weighted by atomic mass is 16.5. The second kappa shape index (κ2) is 8.90. The molecule has 0 aliphatic carbocycles. The van der Waals surface area contributed by atoms with Gasteiger partial charge in [0.2, 0.25) is 5.91 Å². The molecular weight excluding hydrogens is 362 g/mol. The van der Waals surface area contributed by atoms with Crippen LogP contribution in [-0.4, -0.2) is 30.5 Å². The van der Waals surface area contributed by atoms with E-state index in [-0.39, 0.29) is 12.3 Å². The summed E-state index contributed by atoms with van der Waals surface area (Å²) in [5.74, 6) is 0.643. The van der Waals surface area contributed by atoms with E-state index in [4.69, 9.17) is 13.9 Å². The summed E-state index contributed by atoms with van der Waals surface area (Å²) in [5.41, 5.74) is 6.52. The first-order valence-corrected chi connectivity index (χ1v) is 8.85. The van der Waals surface area contributed by atoms with Gasteiger partial charge in [-0.1, -0.05) is 12.1 Å². The Morgan fingerprint density at radius 2 is 1.93 bits per heavy atom. The van der Waals surface area contributed by atoms with E-state index in [2.05, 4.69) is 15.8 Å². The van der Waals surface area contributed by atoms with Crippen LogP contribution in [0.15, 0.2) is 46.9 Å². The normalized spacial score (nSPS) is 10.5. The lowest BCUT2D eigenvalue weighted by atomic mass is 10.2. The molecular formula is C20H21N3O5. The molecule has 3 aromatic rings. The summed E-state index contributed by atoms with van der Waals surface area (Å²) < 4.78 is 16.2. The number of hydrogen-bond acceptors (Lipinski definition) is 6. The Labute approximate surface area is 161 Å². The summed E-state index contributed by atoms with van der Waals surface area (Å²) in [6.45, 7) is 2.34. The monoisotopic (exact) mass is 383 g/mol. The molecule has 8 heteroatoms. The van der Waals surface area contributed by atoms with Crippen LogP contribution < -0.4 is 20.3 Å². The van der Waals surface area contributed by atoms with E-state index in [9.17, 15) is 9.59 Å². The van der Waals surface area contributed by atoms with Gasteiger partial charge in [-0.2, -0.15) is 0 Å². The predicted molar refractivity (Wildman–Crippen MR) is 102 cm³/mol. The Morgan fingerprint density at radius 1 is 1.11 bits per heavy atom. The maximum atomic E-state index is 12.2. The van der Waals surface area contributed by atoms with Crippen LogP contribution in [0.25, 0.3) is 11.1 Å². The fraction of sp³-hybridized carbons (Fsp3) is 0.250. The van der Waals surface area contributed by atoms with Crippen LogP contribution >= 0.6 is 0 Å². The SMILES string of the molecule is CCOc1ccc(C(=O)NNC(=O)CCc2nc3ccccc3o2)cc1OC. The molecule has 0 spiro atoms. The van der Waals surface area contributed by atoms with E-state index in [0.717, 1.165) is 5.52 Å². The maximum absolute atomic E-state index is 12.2. The van der Waals surface area contributed by atoms with E-state index in [1.807, 2.05) is 31.2 Å². The number of nitrogens with one attached hydrogen (secondary N) is 2. The molecule has 2 N–H and O–H groups in total. The summed E-state index contributed by atoms with van der Waals surface area (Å²) in [6.07, 6.45) is 0.451. The van der Waals surface area contributed by atoms with Crippen molar-refractivity contribution < 1.29 is 23.5 Å². The number of para-hydroxylation sites is 2. The zero-order chi connectivity index (χ0) is 19.9. The summed E-state index contributed by atoms with van der Waals surface area (Å²) in [6, 6.07) is 12.2. The molecule has 28 heavy (non-hydrogen) atoms. The van der Waals surface area contributed by atoms with Gasteiger partial charge in [0.15, 0.2) is 23.0 Å². The number of hydrogen-bond donors (Lipinski definition) is 2. The van der Waals surface area contributed by atoms with Crippen LogP contribution in [0.1, 0.15) is 29.6 Å². The molecule has 2 aromatic carbocycles. The van der Waals surface area contributed by atoms with Crippen molar-refractivity contribution in [2.75, 3.05) is 13.7 Å². The highest BCUT2D eigenvalue weighted by molar-refractivity contribution is 5.96. The molecule has 0 saturated carbocycles. The Balaban J connectivity index is 1.51. The first kappa shape index (κ1) is 19.2.